The molecule has 23 heavy (non-hydrogen) atoms. The van der Waals surface area contributed by atoms with Crippen molar-refractivity contribution in [3.05, 3.63) is 54.1 Å². The number of carbonyl (C=O) groups excluding carboxylic acids is 1. The van der Waals surface area contributed by atoms with Gasteiger partial charge in [0.25, 0.3) is 5.91 Å². The van der Waals surface area contributed by atoms with Crippen LogP contribution in [0.1, 0.15) is 23.2 Å². The van der Waals surface area contributed by atoms with E-state index in [9.17, 15) is 4.79 Å². The van der Waals surface area contributed by atoms with E-state index in [2.05, 4.69) is 5.32 Å². The fourth-order valence-corrected chi connectivity index (χ4v) is 2.50. The van der Waals surface area contributed by atoms with Crippen molar-refractivity contribution in [1.29, 1.82) is 0 Å². The van der Waals surface area contributed by atoms with Gasteiger partial charge in [-0.1, -0.05) is 0 Å². The number of nitrogens with one attached hydrogen (secondary N) is 1. The quantitative estimate of drug-likeness (QED) is 0.890. The molecule has 1 aliphatic carbocycles. The Kier molecular flexibility index (Phi) is 4.48. The molecule has 1 amide bonds. The van der Waals surface area contributed by atoms with Crippen LogP contribution in [0.2, 0.25) is 0 Å². The maximum atomic E-state index is 12.1. The van der Waals surface area contributed by atoms with E-state index in [0.717, 1.165) is 18.6 Å². The second-order valence-electron chi connectivity index (χ2n) is 5.70. The predicted molar refractivity (Wildman–Crippen MR) is 88.0 cm³/mol. The topological polar surface area (TPSA) is 73.6 Å². The van der Waals surface area contributed by atoms with Crippen LogP contribution in [-0.2, 0) is 0 Å². The van der Waals surface area contributed by atoms with Gasteiger partial charge in [0.15, 0.2) is 0 Å². The molecule has 0 radical (unpaired) electrons. The van der Waals surface area contributed by atoms with Crippen LogP contribution in [0.5, 0.6) is 17.2 Å². The Balaban J connectivity index is 1.58. The van der Waals surface area contributed by atoms with E-state index in [1.165, 1.54) is 0 Å². The normalized spacial score (nSPS) is 19.6. The number of benzene rings is 2. The molecule has 0 aliphatic heterocycles. The third-order valence-electron chi connectivity index (χ3n) is 3.92. The molecule has 120 valence electrons. The lowest BCUT2D eigenvalue weighted by Crippen LogP contribution is -2.50. The number of ether oxygens (including phenoxy) is 2. The van der Waals surface area contributed by atoms with Crippen LogP contribution in [0.25, 0.3) is 0 Å². The van der Waals surface area contributed by atoms with Crippen molar-refractivity contribution >= 4 is 5.91 Å². The minimum Gasteiger partial charge on any atom is -0.497 e. The lowest BCUT2D eigenvalue weighted by Gasteiger charge is -2.32. The maximum Gasteiger partial charge on any atom is 0.251 e. The van der Waals surface area contributed by atoms with E-state index in [1.807, 2.05) is 24.3 Å². The minimum atomic E-state index is -0.0714. The second-order valence-corrected chi connectivity index (χ2v) is 5.70. The summed E-state index contributed by atoms with van der Waals surface area (Å²) >= 11 is 0. The first-order valence-corrected chi connectivity index (χ1v) is 7.62. The van der Waals surface area contributed by atoms with Crippen molar-refractivity contribution in [2.75, 3.05) is 7.11 Å². The van der Waals surface area contributed by atoms with E-state index in [-0.39, 0.29) is 18.0 Å². The molecule has 0 spiro atoms. The van der Waals surface area contributed by atoms with Crippen LogP contribution in [0.3, 0.4) is 0 Å². The van der Waals surface area contributed by atoms with Crippen LogP contribution in [0, 0.1) is 0 Å². The third kappa shape index (κ3) is 3.81. The number of rotatable bonds is 5. The molecule has 0 unspecified atom stereocenters. The molecule has 0 bridgehead atoms. The Bertz CT molecular complexity index is 662. The molecule has 2 aromatic rings. The van der Waals surface area contributed by atoms with Gasteiger partial charge >= 0.3 is 0 Å². The first-order chi connectivity index (χ1) is 11.1. The zero-order valence-corrected chi connectivity index (χ0v) is 13.0. The Morgan fingerprint density at radius 2 is 1.52 bits per heavy atom. The first kappa shape index (κ1) is 15.4. The van der Waals surface area contributed by atoms with Gasteiger partial charge in [0.1, 0.15) is 17.2 Å². The fraction of sp³-hybridized carbons (Fsp3) is 0.278. The van der Waals surface area contributed by atoms with Gasteiger partial charge in [-0.25, -0.2) is 0 Å². The highest BCUT2D eigenvalue weighted by Gasteiger charge is 2.27. The summed E-state index contributed by atoms with van der Waals surface area (Å²) in [6.07, 6.45) is 1.70. The van der Waals surface area contributed by atoms with Crippen molar-refractivity contribution in [3.8, 4) is 17.2 Å². The highest BCUT2D eigenvalue weighted by atomic mass is 16.5. The Morgan fingerprint density at radius 1 is 1.00 bits per heavy atom. The molecule has 3 N–H and O–H groups in total. The molecule has 5 heteroatoms. The van der Waals surface area contributed by atoms with E-state index in [1.54, 1.807) is 31.4 Å². The molecule has 0 heterocycles. The highest BCUT2D eigenvalue weighted by molar-refractivity contribution is 5.94. The van der Waals surface area contributed by atoms with Crippen LogP contribution < -0.4 is 20.5 Å². The van der Waals surface area contributed by atoms with E-state index in [0.29, 0.717) is 17.1 Å². The summed E-state index contributed by atoms with van der Waals surface area (Å²) in [6, 6.07) is 14.8. The van der Waals surface area contributed by atoms with Gasteiger partial charge in [0, 0.05) is 17.6 Å². The molecule has 2 aromatic carbocycles. The maximum absolute atomic E-state index is 12.1. The van der Waals surface area contributed by atoms with Crippen molar-refractivity contribution in [3.63, 3.8) is 0 Å². The number of hydrogen-bond acceptors (Lipinski definition) is 4. The molecule has 3 rings (SSSR count). The monoisotopic (exact) mass is 312 g/mol. The average molecular weight is 312 g/mol. The van der Waals surface area contributed by atoms with Crippen molar-refractivity contribution < 1.29 is 14.3 Å². The summed E-state index contributed by atoms with van der Waals surface area (Å²) in [5.41, 5.74) is 6.34. The summed E-state index contributed by atoms with van der Waals surface area (Å²) in [5.74, 6) is 2.10. The first-order valence-electron chi connectivity index (χ1n) is 7.62. The van der Waals surface area contributed by atoms with E-state index < -0.39 is 0 Å². The van der Waals surface area contributed by atoms with Gasteiger partial charge < -0.3 is 20.5 Å². The number of carbonyl (C=O) groups is 1. The molecular formula is C18H20N2O3. The van der Waals surface area contributed by atoms with Crippen molar-refractivity contribution in [1.82, 2.24) is 5.32 Å². The standard InChI is InChI=1S/C18H20N2O3/c1-22-15-6-8-17(9-7-15)23-16-4-2-12(3-5-16)18(21)20-14-10-13(19)11-14/h2-9,13-14H,10-11,19H2,1H3,(H,20,21). The SMILES string of the molecule is COc1ccc(Oc2ccc(C(=O)NC3CC(N)C3)cc2)cc1. The molecule has 5 nitrogen and oxygen atoms in total. The molecule has 0 aromatic heterocycles. The smallest absolute Gasteiger partial charge is 0.251 e. The minimum absolute atomic E-state index is 0.0714. The molecule has 1 fully saturated rings. The van der Waals surface area contributed by atoms with Crippen molar-refractivity contribution in [2.45, 2.75) is 24.9 Å². The highest BCUT2D eigenvalue weighted by Crippen LogP contribution is 2.24. The van der Waals surface area contributed by atoms with Crippen LogP contribution >= 0.6 is 0 Å². The fourth-order valence-electron chi connectivity index (χ4n) is 2.50. The van der Waals surface area contributed by atoms with E-state index >= 15 is 0 Å². The predicted octanol–water partition coefficient (Wildman–Crippen LogP) is 2.71. The van der Waals surface area contributed by atoms with E-state index in [4.69, 9.17) is 15.2 Å². The summed E-state index contributed by atoms with van der Waals surface area (Å²) in [6.45, 7) is 0. The number of amides is 1. The molecular weight excluding hydrogens is 292 g/mol. The number of nitrogens with two attached hydrogens (primary N) is 1. The zero-order chi connectivity index (χ0) is 16.2. The second kappa shape index (κ2) is 6.71. The zero-order valence-electron chi connectivity index (χ0n) is 13.0. The number of methoxy groups -OCH3 is 1. The van der Waals surface area contributed by atoms with Gasteiger partial charge in [0.05, 0.1) is 7.11 Å². The summed E-state index contributed by atoms with van der Waals surface area (Å²) in [4.78, 5) is 12.1. The van der Waals surface area contributed by atoms with Crippen LogP contribution in [-0.4, -0.2) is 25.1 Å². The van der Waals surface area contributed by atoms with Gasteiger partial charge in [0.2, 0.25) is 0 Å². The van der Waals surface area contributed by atoms with Crippen LogP contribution in [0.4, 0.5) is 0 Å². The average Bonchev–Trinajstić information content (AvgIpc) is 2.55. The van der Waals surface area contributed by atoms with Crippen LogP contribution in [0.15, 0.2) is 48.5 Å². The molecule has 1 saturated carbocycles. The Labute approximate surface area is 135 Å². The Morgan fingerprint density at radius 3 is 2.04 bits per heavy atom. The summed E-state index contributed by atoms with van der Waals surface area (Å²) < 4.78 is 10.8. The van der Waals surface area contributed by atoms with Gasteiger partial charge in [-0.15, -0.1) is 0 Å². The number of hydrogen-bond donors (Lipinski definition) is 2. The van der Waals surface area contributed by atoms with Gasteiger partial charge in [-0.05, 0) is 61.4 Å². The summed E-state index contributed by atoms with van der Waals surface area (Å²) in [7, 11) is 1.62. The summed E-state index contributed by atoms with van der Waals surface area (Å²) in [5, 5.41) is 2.97. The lowest BCUT2D eigenvalue weighted by atomic mass is 9.87. The largest absolute Gasteiger partial charge is 0.497 e. The Hall–Kier alpha value is -2.53. The third-order valence-corrected chi connectivity index (χ3v) is 3.92. The van der Waals surface area contributed by atoms with Gasteiger partial charge in [-0.2, -0.15) is 0 Å². The molecule has 0 atom stereocenters. The molecule has 1 aliphatic rings. The van der Waals surface area contributed by atoms with Crippen molar-refractivity contribution in [2.24, 2.45) is 5.73 Å². The molecule has 0 saturated heterocycles. The lowest BCUT2D eigenvalue weighted by molar-refractivity contribution is 0.0910. The van der Waals surface area contributed by atoms with Gasteiger partial charge in [-0.3, -0.25) is 4.79 Å².